The molecule has 0 radical (unpaired) electrons. The fourth-order valence-electron chi connectivity index (χ4n) is 2.81. The van der Waals surface area contributed by atoms with Crippen molar-refractivity contribution in [2.24, 2.45) is 0 Å². The number of fused-ring (bicyclic) bond motifs is 1. The van der Waals surface area contributed by atoms with Crippen LogP contribution in [0.4, 0.5) is 0 Å². The predicted molar refractivity (Wildman–Crippen MR) is 112 cm³/mol. The Hall–Kier alpha value is -3.52. The number of aromatic nitrogens is 3. The Labute approximate surface area is 171 Å². The number of amides is 2. The Morgan fingerprint density at radius 1 is 1.14 bits per heavy atom. The number of nitrogens with zero attached hydrogens (tertiary/aromatic N) is 3. The summed E-state index contributed by atoms with van der Waals surface area (Å²) in [5.41, 5.74) is 2.27. The smallest absolute Gasteiger partial charge is 0.251 e. The van der Waals surface area contributed by atoms with E-state index in [0.29, 0.717) is 12.1 Å². The third-order valence-corrected chi connectivity index (χ3v) is 5.45. The van der Waals surface area contributed by atoms with Crippen molar-refractivity contribution in [3.8, 4) is 5.13 Å². The number of carbonyl (C=O) groups is 2. The van der Waals surface area contributed by atoms with Gasteiger partial charge < -0.3 is 15.2 Å². The molecule has 0 fully saturated rings. The molecule has 2 N–H and O–H groups in total. The number of rotatable bonds is 6. The highest BCUT2D eigenvalue weighted by Gasteiger charge is 2.17. The lowest BCUT2D eigenvalue weighted by molar-refractivity contribution is -0.122. The summed E-state index contributed by atoms with van der Waals surface area (Å²) in [7, 11) is 0. The van der Waals surface area contributed by atoms with Crippen LogP contribution in [-0.2, 0) is 11.3 Å². The molecule has 3 heterocycles. The van der Waals surface area contributed by atoms with Gasteiger partial charge in [0.2, 0.25) is 5.91 Å². The van der Waals surface area contributed by atoms with E-state index in [1.165, 1.54) is 11.3 Å². The Balaban J connectivity index is 1.40. The maximum Gasteiger partial charge on any atom is 0.251 e. The molecule has 0 aliphatic rings. The van der Waals surface area contributed by atoms with Gasteiger partial charge in [0.1, 0.15) is 6.04 Å². The van der Waals surface area contributed by atoms with Gasteiger partial charge in [0.25, 0.3) is 5.91 Å². The van der Waals surface area contributed by atoms with Crippen molar-refractivity contribution in [1.82, 2.24) is 25.2 Å². The molecule has 0 aliphatic heterocycles. The topological polar surface area (TPSA) is 88.9 Å². The predicted octanol–water partition coefficient (Wildman–Crippen LogP) is 2.92. The van der Waals surface area contributed by atoms with E-state index in [0.717, 1.165) is 20.9 Å². The Bertz CT molecular complexity index is 1140. The number of carbonyl (C=O) groups excluding carboxylic acids is 2. The third kappa shape index (κ3) is 4.33. The SMILES string of the molecule is CC(NC(=O)c1ccc2nc(-n3cccc3)sc2c1)C(=O)NCc1ccncc1. The molecule has 3 aromatic heterocycles. The molecule has 146 valence electrons. The fourth-order valence-corrected chi connectivity index (χ4v) is 3.79. The van der Waals surface area contributed by atoms with Crippen LogP contribution in [0.3, 0.4) is 0 Å². The number of hydrogen-bond donors (Lipinski definition) is 2. The number of thiazole rings is 1. The van der Waals surface area contributed by atoms with Gasteiger partial charge >= 0.3 is 0 Å². The van der Waals surface area contributed by atoms with Gasteiger partial charge in [0.05, 0.1) is 10.2 Å². The van der Waals surface area contributed by atoms with Crippen LogP contribution in [0.5, 0.6) is 0 Å². The van der Waals surface area contributed by atoms with Crippen LogP contribution >= 0.6 is 11.3 Å². The molecule has 0 saturated heterocycles. The van der Waals surface area contributed by atoms with Crippen LogP contribution in [0.2, 0.25) is 0 Å². The van der Waals surface area contributed by atoms with E-state index in [1.807, 2.05) is 47.3 Å². The zero-order valence-electron chi connectivity index (χ0n) is 15.7. The van der Waals surface area contributed by atoms with Crippen molar-refractivity contribution < 1.29 is 9.59 Å². The molecule has 0 aliphatic carbocycles. The van der Waals surface area contributed by atoms with Crippen molar-refractivity contribution in [1.29, 1.82) is 0 Å². The first-order valence-corrected chi connectivity index (χ1v) is 9.93. The lowest BCUT2D eigenvalue weighted by Gasteiger charge is -2.14. The molecular formula is C21H19N5O2S. The zero-order chi connectivity index (χ0) is 20.2. The first-order chi connectivity index (χ1) is 14.1. The minimum Gasteiger partial charge on any atom is -0.350 e. The van der Waals surface area contributed by atoms with Gasteiger partial charge in [-0.1, -0.05) is 11.3 Å². The largest absolute Gasteiger partial charge is 0.350 e. The Morgan fingerprint density at radius 2 is 1.90 bits per heavy atom. The fraction of sp³-hybridized carbons (Fsp3) is 0.143. The van der Waals surface area contributed by atoms with Crippen LogP contribution in [0.1, 0.15) is 22.8 Å². The summed E-state index contributed by atoms with van der Waals surface area (Å²) in [6, 6.07) is 12.2. The first kappa shape index (κ1) is 18.8. The molecule has 4 aromatic rings. The highest BCUT2D eigenvalue weighted by Crippen LogP contribution is 2.26. The van der Waals surface area contributed by atoms with E-state index in [-0.39, 0.29) is 11.8 Å². The van der Waals surface area contributed by atoms with Crippen molar-refractivity contribution in [2.75, 3.05) is 0 Å². The summed E-state index contributed by atoms with van der Waals surface area (Å²) in [5, 5.41) is 6.40. The van der Waals surface area contributed by atoms with Crippen molar-refractivity contribution in [3.05, 3.63) is 78.4 Å². The van der Waals surface area contributed by atoms with E-state index in [9.17, 15) is 9.59 Å². The first-order valence-electron chi connectivity index (χ1n) is 9.11. The van der Waals surface area contributed by atoms with Crippen LogP contribution in [0.25, 0.3) is 15.3 Å². The summed E-state index contributed by atoms with van der Waals surface area (Å²) in [4.78, 5) is 33.4. The second-order valence-corrected chi connectivity index (χ2v) is 7.55. The van der Waals surface area contributed by atoms with Gasteiger partial charge in [-0.25, -0.2) is 4.98 Å². The highest BCUT2D eigenvalue weighted by atomic mass is 32.1. The van der Waals surface area contributed by atoms with Gasteiger partial charge in [-0.15, -0.1) is 0 Å². The van der Waals surface area contributed by atoms with Crippen molar-refractivity contribution in [3.63, 3.8) is 0 Å². The monoisotopic (exact) mass is 405 g/mol. The molecule has 0 spiro atoms. The number of pyridine rings is 1. The zero-order valence-corrected chi connectivity index (χ0v) is 16.5. The molecule has 4 rings (SSSR count). The van der Waals surface area contributed by atoms with E-state index in [4.69, 9.17) is 0 Å². The van der Waals surface area contributed by atoms with Gasteiger partial charge in [-0.2, -0.15) is 0 Å². The van der Waals surface area contributed by atoms with E-state index in [2.05, 4.69) is 20.6 Å². The van der Waals surface area contributed by atoms with Crippen LogP contribution in [-0.4, -0.2) is 32.4 Å². The maximum atomic E-state index is 12.6. The van der Waals surface area contributed by atoms with Gasteiger partial charge in [0.15, 0.2) is 5.13 Å². The summed E-state index contributed by atoms with van der Waals surface area (Å²) < 4.78 is 2.84. The van der Waals surface area contributed by atoms with Crippen LogP contribution < -0.4 is 10.6 Å². The molecule has 0 saturated carbocycles. The highest BCUT2D eigenvalue weighted by molar-refractivity contribution is 7.20. The average molecular weight is 405 g/mol. The average Bonchev–Trinajstić information content (AvgIpc) is 3.41. The third-order valence-electron chi connectivity index (χ3n) is 4.42. The van der Waals surface area contributed by atoms with Crippen LogP contribution in [0, 0.1) is 0 Å². The lowest BCUT2D eigenvalue weighted by atomic mass is 10.2. The molecular weight excluding hydrogens is 386 g/mol. The molecule has 0 bridgehead atoms. The van der Waals surface area contributed by atoms with E-state index in [1.54, 1.807) is 31.5 Å². The minimum absolute atomic E-state index is 0.246. The van der Waals surface area contributed by atoms with E-state index >= 15 is 0 Å². The van der Waals surface area contributed by atoms with Gasteiger partial charge in [-0.05, 0) is 55.0 Å². The summed E-state index contributed by atoms with van der Waals surface area (Å²) in [6.45, 7) is 2.05. The Kier molecular flexibility index (Phi) is 5.35. The number of benzene rings is 1. The Morgan fingerprint density at radius 3 is 2.66 bits per heavy atom. The molecule has 1 aromatic carbocycles. The normalized spacial score (nSPS) is 11.9. The molecule has 1 unspecified atom stereocenters. The maximum absolute atomic E-state index is 12.6. The van der Waals surface area contributed by atoms with Crippen molar-refractivity contribution in [2.45, 2.75) is 19.5 Å². The number of hydrogen-bond acceptors (Lipinski definition) is 5. The number of nitrogens with one attached hydrogen (secondary N) is 2. The summed E-state index contributed by atoms with van der Waals surface area (Å²) in [5.74, 6) is -0.543. The lowest BCUT2D eigenvalue weighted by Crippen LogP contribution is -2.44. The quantitative estimate of drug-likeness (QED) is 0.516. The molecule has 8 heteroatoms. The molecule has 29 heavy (non-hydrogen) atoms. The van der Waals surface area contributed by atoms with Crippen LogP contribution in [0.15, 0.2) is 67.3 Å². The molecule has 2 amide bonds. The van der Waals surface area contributed by atoms with Gasteiger partial charge in [-0.3, -0.25) is 14.6 Å². The summed E-state index contributed by atoms with van der Waals surface area (Å²) in [6.07, 6.45) is 7.20. The van der Waals surface area contributed by atoms with Crippen molar-refractivity contribution >= 4 is 33.4 Å². The second-order valence-electron chi connectivity index (χ2n) is 6.54. The molecule has 7 nitrogen and oxygen atoms in total. The van der Waals surface area contributed by atoms with Gasteiger partial charge in [0, 0.05) is 36.9 Å². The second kappa shape index (κ2) is 8.24. The minimum atomic E-state index is -0.656. The molecule has 1 atom stereocenters. The summed E-state index contributed by atoms with van der Waals surface area (Å²) >= 11 is 1.50. The van der Waals surface area contributed by atoms with E-state index < -0.39 is 6.04 Å². The standard InChI is InChI=1S/C21H19N5O2S/c1-14(19(27)23-13-15-6-8-22-9-7-15)24-20(28)16-4-5-17-18(12-16)29-21(25-17)26-10-2-3-11-26/h2-12,14H,13H2,1H3,(H,23,27)(H,24,28).